The van der Waals surface area contributed by atoms with Crippen LogP contribution in [0.3, 0.4) is 0 Å². The van der Waals surface area contributed by atoms with E-state index in [0.717, 1.165) is 18.2 Å². The SMILES string of the molecule is NS(=O)(=O)c1ccc(O)c(C(=O)c2cnc3cc(-c4ccc(F)cc4)nn3c2)c1. The van der Waals surface area contributed by atoms with E-state index in [1.807, 2.05) is 0 Å². The highest BCUT2D eigenvalue weighted by Crippen LogP contribution is 2.24. The minimum Gasteiger partial charge on any atom is -0.507 e. The van der Waals surface area contributed by atoms with Crippen LogP contribution in [-0.2, 0) is 10.0 Å². The Hall–Kier alpha value is -3.63. The van der Waals surface area contributed by atoms with E-state index in [1.54, 1.807) is 18.2 Å². The number of nitrogens with zero attached hydrogens (tertiary/aromatic N) is 3. The van der Waals surface area contributed by atoms with Crippen molar-refractivity contribution >= 4 is 21.5 Å². The number of ketones is 1. The fourth-order valence-corrected chi connectivity index (χ4v) is 3.33. The Morgan fingerprint density at radius 1 is 1.10 bits per heavy atom. The van der Waals surface area contributed by atoms with E-state index in [4.69, 9.17) is 5.14 Å². The molecule has 8 nitrogen and oxygen atoms in total. The zero-order valence-electron chi connectivity index (χ0n) is 14.7. The van der Waals surface area contributed by atoms with Crippen molar-refractivity contribution in [2.75, 3.05) is 0 Å². The van der Waals surface area contributed by atoms with Crippen LogP contribution in [0.1, 0.15) is 15.9 Å². The first kappa shape index (κ1) is 18.7. The van der Waals surface area contributed by atoms with E-state index < -0.39 is 21.6 Å². The van der Waals surface area contributed by atoms with Crippen molar-refractivity contribution in [2.45, 2.75) is 4.90 Å². The summed E-state index contributed by atoms with van der Waals surface area (Å²) >= 11 is 0. The van der Waals surface area contributed by atoms with Gasteiger partial charge in [-0.3, -0.25) is 4.79 Å². The highest BCUT2D eigenvalue weighted by Gasteiger charge is 2.19. The number of nitrogens with two attached hydrogens (primary N) is 1. The Morgan fingerprint density at radius 2 is 1.83 bits per heavy atom. The molecule has 146 valence electrons. The van der Waals surface area contributed by atoms with E-state index in [9.17, 15) is 22.7 Å². The minimum atomic E-state index is -4.05. The molecule has 0 bridgehead atoms. The second-order valence-corrected chi connectivity index (χ2v) is 7.80. The van der Waals surface area contributed by atoms with Gasteiger partial charge in [-0.1, -0.05) is 0 Å². The van der Waals surface area contributed by atoms with Crippen LogP contribution < -0.4 is 5.14 Å². The third-order valence-corrected chi connectivity index (χ3v) is 5.17. The number of phenols is 1. The highest BCUT2D eigenvalue weighted by atomic mass is 32.2. The molecular weight excluding hydrogens is 399 g/mol. The lowest BCUT2D eigenvalue weighted by Gasteiger charge is -2.06. The van der Waals surface area contributed by atoms with E-state index in [-0.39, 0.29) is 21.8 Å². The summed E-state index contributed by atoms with van der Waals surface area (Å²) in [5.41, 5.74) is 1.49. The van der Waals surface area contributed by atoms with Crippen LogP contribution >= 0.6 is 0 Å². The Balaban J connectivity index is 1.75. The lowest BCUT2D eigenvalue weighted by Crippen LogP contribution is -2.13. The standard InChI is InChI=1S/C19H13FN4O4S/c20-13-3-1-11(2-4-13)16-8-18-22-9-12(10-24(18)23-16)19(26)15-7-14(29(21,27)28)5-6-17(15)25/h1-10,25H,(H2,21,27,28). The predicted octanol–water partition coefficient (Wildman–Crippen LogP) is 2.12. The fourth-order valence-electron chi connectivity index (χ4n) is 2.79. The van der Waals surface area contributed by atoms with Crippen LogP contribution in [0.15, 0.2) is 65.8 Å². The summed E-state index contributed by atoms with van der Waals surface area (Å²) in [4.78, 5) is 16.7. The monoisotopic (exact) mass is 412 g/mol. The average Bonchev–Trinajstić information content (AvgIpc) is 3.10. The van der Waals surface area contributed by atoms with Crippen molar-refractivity contribution in [3.8, 4) is 17.0 Å². The first-order chi connectivity index (χ1) is 13.7. The van der Waals surface area contributed by atoms with Gasteiger partial charge in [0.2, 0.25) is 10.0 Å². The number of primary sulfonamides is 1. The Labute approximate surface area is 164 Å². The van der Waals surface area contributed by atoms with Crippen LogP contribution in [-0.4, -0.2) is 33.9 Å². The molecule has 0 radical (unpaired) electrons. The van der Waals surface area contributed by atoms with Gasteiger partial charge in [0.05, 0.1) is 21.7 Å². The molecule has 0 fully saturated rings. The lowest BCUT2D eigenvalue weighted by molar-refractivity contribution is 0.103. The molecule has 0 unspecified atom stereocenters. The summed E-state index contributed by atoms with van der Waals surface area (Å²) in [6.07, 6.45) is 2.69. The van der Waals surface area contributed by atoms with Crippen molar-refractivity contribution in [1.29, 1.82) is 0 Å². The molecule has 0 amide bonds. The van der Waals surface area contributed by atoms with E-state index in [2.05, 4.69) is 10.1 Å². The topological polar surface area (TPSA) is 128 Å². The number of phenolic OH excluding ortho intramolecular Hbond substituents is 1. The van der Waals surface area contributed by atoms with Gasteiger partial charge in [-0.15, -0.1) is 0 Å². The number of benzene rings is 2. The third-order valence-electron chi connectivity index (χ3n) is 4.26. The van der Waals surface area contributed by atoms with Crippen molar-refractivity contribution in [2.24, 2.45) is 5.14 Å². The summed E-state index contributed by atoms with van der Waals surface area (Å²) in [7, 11) is -4.05. The number of carbonyl (C=O) groups is 1. The number of hydrogen-bond donors (Lipinski definition) is 2. The fraction of sp³-hybridized carbons (Fsp3) is 0. The van der Waals surface area contributed by atoms with Gasteiger partial charge in [-0.25, -0.2) is 27.4 Å². The first-order valence-corrected chi connectivity index (χ1v) is 9.79. The molecule has 3 N–H and O–H groups in total. The van der Waals surface area contributed by atoms with E-state index >= 15 is 0 Å². The Bertz CT molecular complexity index is 1360. The van der Waals surface area contributed by atoms with Gasteiger partial charge in [0.1, 0.15) is 11.6 Å². The first-order valence-electron chi connectivity index (χ1n) is 8.24. The lowest BCUT2D eigenvalue weighted by atomic mass is 10.1. The van der Waals surface area contributed by atoms with Crippen LogP contribution in [0, 0.1) is 5.82 Å². The number of sulfonamides is 1. The minimum absolute atomic E-state index is 0.0770. The molecule has 2 aromatic heterocycles. The van der Waals surface area contributed by atoms with Crippen molar-refractivity contribution in [1.82, 2.24) is 14.6 Å². The van der Waals surface area contributed by atoms with Crippen LogP contribution in [0.5, 0.6) is 5.75 Å². The molecule has 4 aromatic rings. The normalized spacial score (nSPS) is 11.7. The number of fused-ring (bicyclic) bond motifs is 1. The number of hydrogen-bond acceptors (Lipinski definition) is 6. The van der Waals surface area contributed by atoms with Gasteiger partial charge < -0.3 is 5.11 Å². The molecule has 4 rings (SSSR count). The van der Waals surface area contributed by atoms with E-state index in [1.165, 1.54) is 29.0 Å². The smallest absolute Gasteiger partial charge is 0.238 e. The Kier molecular flexibility index (Phi) is 4.36. The number of aromatic nitrogens is 3. The molecule has 2 heterocycles. The maximum absolute atomic E-state index is 13.1. The summed E-state index contributed by atoms with van der Waals surface area (Å²) < 4.78 is 37.5. The zero-order chi connectivity index (χ0) is 20.8. The van der Waals surface area contributed by atoms with E-state index in [0.29, 0.717) is 16.9 Å². The van der Waals surface area contributed by atoms with Gasteiger partial charge in [-0.05, 0) is 42.5 Å². The summed E-state index contributed by atoms with van der Waals surface area (Å²) in [5, 5.41) is 19.4. The predicted molar refractivity (Wildman–Crippen MR) is 101 cm³/mol. The molecule has 0 saturated carbocycles. The molecule has 0 spiro atoms. The maximum Gasteiger partial charge on any atom is 0.238 e. The summed E-state index contributed by atoms with van der Waals surface area (Å²) in [5.74, 6) is -1.42. The number of aromatic hydroxyl groups is 1. The van der Waals surface area contributed by atoms with Gasteiger partial charge in [0.25, 0.3) is 0 Å². The molecule has 29 heavy (non-hydrogen) atoms. The quantitative estimate of drug-likeness (QED) is 0.494. The molecule has 0 aliphatic carbocycles. The second kappa shape index (κ2) is 6.76. The van der Waals surface area contributed by atoms with Crippen LogP contribution in [0.25, 0.3) is 16.9 Å². The van der Waals surface area contributed by atoms with Crippen molar-refractivity contribution < 1.29 is 22.7 Å². The highest BCUT2D eigenvalue weighted by molar-refractivity contribution is 7.89. The third kappa shape index (κ3) is 3.58. The molecular formula is C19H13FN4O4S. The van der Waals surface area contributed by atoms with Gasteiger partial charge in [0, 0.05) is 24.0 Å². The van der Waals surface area contributed by atoms with Gasteiger partial charge >= 0.3 is 0 Å². The average molecular weight is 412 g/mol. The summed E-state index contributed by atoms with van der Waals surface area (Å²) in [6, 6.07) is 10.6. The molecule has 10 heteroatoms. The van der Waals surface area contributed by atoms with Gasteiger partial charge in [0.15, 0.2) is 11.4 Å². The maximum atomic E-state index is 13.1. The molecule has 0 saturated heterocycles. The number of carbonyl (C=O) groups excluding carboxylic acids is 1. The molecule has 2 aromatic carbocycles. The number of halogens is 1. The summed E-state index contributed by atoms with van der Waals surface area (Å²) in [6.45, 7) is 0. The van der Waals surface area contributed by atoms with Crippen molar-refractivity contribution in [3.63, 3.8) is 0 Å². The molecule has 0 atom stereocenters. The Morgan fingerprint density at radius 3 is 2.52 bits per heavy atom. The molecule has 0 aliphatic heterocycles. The van der Waals surface area contributed by atoms with Crippen LogP contribution in [0.2, 0.25) is 0 Å². The molecule has 0 aliphatic rings. The van der Waals surface area contributed by atoms with Gasteiger partial charge in [-0.2, -0.15) is 5.10 Å². The zero-order valence-corrected chi connectivity index (χ0v) is 15.5. The largest absolute Gasteiger partial charge is 0.507 e. The van der Waals surface area contributed by atoms with Crippen LogP contribution in [0.4, 0.5) is 4.39 Å². The second-order valence-electron chi connectivity index (χ2n) is 6.23. The van der Waals surface area contributed by atoms with Crippen molar-refractivity contribution in [3.05, 3.63) is 77.9 Å². The number of rotatable bonds is 4.